The number of amides is 2. The number of hydrogen-bond acceptors (Lipinski definition) is 3. The van der Waals surface area contributed by atoms with Crippen LogP contribution in [0.25, 0.3) is 16.8 Å². The molecule has 0 bridgehead atoms. The highest BCUT2D eigenvalue weighted by molar-refractivity contribution is 6.21. The van der Waals surface area contributed by atoms with E-state index in [2.05, 4.69) is 29.2 Å². The van der Waals surface area contributed by atoms with Crippen LogP contribution in [0.2, 0.25) is 0 Å². The standard InChI is InChI=1S/C18H20F3NO.C16H16N2O.C2H6/c1-12-7-8-14(18(19,20)21)11-15(12)16(13-5-4-6-13)17(23)22-9-2-3-10-22;17-16(19)15-6-2-5-14(18-15)13-9-7-12(8-10-13)11-3-1-4-11;1-2/h7-8,11H,2-6,9-10H2,1H3;2,5-11H,1,3-4H2,(H2,17,19);1-2H3. The van der Waals surface area contributed by atoms with Crippen molar-refractivity contribution in [3.05, 3.63) is 94.2 Å². The zero-order chi connectivity index (χ0) is 31.9. The Morgan fingerprint density at radius 3 is 2.07 bits per heavy atom. The van der Waals surface area contributed by atoms with Gasteiger partial charge in [0.2, 0.25) is 0 Å². The summed E-state index contributed by atoms with van der Waals surface area (Å²) in [5.74, 6) is 0.145. The molecule has 0 spiro atoms. The average Bonchev–Trinajstić information content (AvgIpc) is 3.51. The van der Waals surface area contributed by atoms with Crippen LogP contribution in [-0.4, -0.2) is 34.8 Å². The molecule has 2 saturated carbocycles. The summed E-state index contributed by atoms with van der Waals surface area (Å²) in [5.41, 5.74) is 10.8. The molecule has 1 aliphatic heterocycles. The molecule has 0 atom stereocenters. The largest absolute Gasteiger partial charge is 0.416 e. The highest BCUT2D eigenvalue weighted by atomic mass is 19.4. The maximum atomic E-state index is 13.1. The molecule has 5 nitrogen and oxygen atoms in total. The minimum absolute atomic E-state index is 0.0976. The number of hydrogen-bond donors (Lipinski definition) is 1. The van der Waals surface area contributed by atoms with E-state index in [1.165, 1.54) is 30.9 Å². The number of nitrogens with two attached hydrogens (primary N) is 1. The van der Waals surface area contributed by atoms with Gasteiger partial charge in [-0.3, -0.25) is 9.59 Å². The van der Waals surface area contributed by atoms with Gasteiger partial charge in [-0.05, 0) is 98.7 Å². The fourth-order valence-electron chi connectivity index (χ4n) is 5.61. The lowest BCUT2D eigenvalue weighted by atomic mass is 9.80. The number of alkyl halides is 3. The van der Waals surface area contributed by atoms with E-state index < -0.39 is 17.6 Å². The highest BCUT2D eigenvalue weighted by Gasteiger charge is 2.33. The number of carbonyl (C=O) groups is 2. The summed E-state index contributed by atoms with van der Waals surface area (Å²) in [6.07, 6.45) is 4.11. The van der Waals surface area contributed by atoms with Gasteiger partial charge in [0.1, 0.15) is 5.69 Å². The molecule has 2 amide bonds. The van der Waals surface area contributed by atoms with Crippen molar-refractivity contribution in [2.45, 2.75) is 84.2 Å². The normalized spacial score (nSPS) is 16.0. The average molecular weight is 606 g/mol. The number of rotatable bonds is 5. The second-order valence-corrected chi connectivity index (χ2v) is 11.4. The Hall–Kier alpha value is -3.94. The van der Waals surface area contributed by atoms with Crippen LogP contribution in [0, 0.1) is 6.92 Å². The second-order valence-electron chi connectivity index (χ2n) is 11.4. The van der Waals surface area contributed by atoms with Crippen molar-refractivity contribution in [1.82, 2.24) is 9.88 Å². The van der Waals surface area contributed by atoms with Crippen LogP contribution < -0.4 is 5.73 Å². The molecule has 1 saturated heterocycles. The molecule has 8 heteroatoms. The number of aryl methyl sites for hydroxylation is 1. The first-order valence-electron chi connectivity index (χ1n) is 15.7. The predicted molar refractivity (Wildman–Crippen MR) is 169 cm³/mol. The van der Waals surface area contributed by atoms with Gasteiger partial charge < -0.3 is 10.6 Å². The predicted octanol–water partition coefficient (Wildman–Crippen LogP) is 8.71. The van der Waals surface area contributed by atoms with E-state index in [0.717, 1.165) is 72.5 Å². The van der Waals surface area contributed by atoms with E-state index in [1.54, 1.807) is 17.9 Å². The number of allylic oxidation sites excluding steroid dienone is 1. The molecular formula is C36H42F3N3O2. The third-order valence-corrected chi connectivity index (χ3v) is 8.54. The first kappa shape index (κ1) is 33.0. The van der Waals surface area contributed by atoms with Gasteiger partial charge >= 0.3 is 6.18 Å². The Labute approximate surface area is 258 Å². The number of pyridine rings is 1. The van der Waals surface area contributed by atoms with Crippen LogP contribution in [0.5, 0.6) is 0 Å². The van der Waals surface area contributed by atoms with E-state index >= 15 is 0 Å². The van der Waals surface area contributed by atoms with E-state index in [0.29, 0.717) is 29.9 Å². The Morgan fingerprint density at radius 2 is 1.55 bits per heavy atom. The maximum Gasteiger partial charge on any atom is 0.416 e. The van der Waals surface area contributed by atoms with Crippen molar-refractivity contribution >= 4 is 17.4 Å². The molecule has 0 radical (unpaired) electrons. The molecule has 234 valence electrons. The molecule has 44 heavy (non-hydrogen) atoms. The SMILES string of the molecule is CC.Cc1ccc(C(F)(F)F)cc1C(C(=O)N1CCCC1)=C1CCC1.NC(=O)c1cccc(-c2ccc(C3CCC3)cc2)n1. The fourth-order valence-corrected chi connectivity index (χ4v) is 5.61. The molecule has 3 aliphatic rings. The van der Waals surface area contributed by atoms with E-state index in [9.17, 15) is 22.8 Å². The molecule has 2 N–H and O–H groups in total. The molecule has 2 aliphatic carbocycles. The van der Waals surface area contributed by atoms with Gasteiger partial charge in [-0.15, -0.1) is 0 Å². The van der Waals surface area contributed by atoms with Gasteiger partial charge in [0.05, 0.1) is 11.3 Å². The number of halogens is 3. The number of benzene rings is 2. The van der Waals surface area contributed by atoms with Crippen LogP contribution in [0.4, 0.5) is 13.2 Å². The van der Waals surface area contributed by atoms with E-state index in [4.69, 9.17) is 5.73 Å². The lowest BCUT2D eigenvalue weighted by Gasteiger charge is -2.26. The Bertz CT molecular complexity index is 1480. The summed E-state index contributed by atoms with van der Waals surface area (Å²) in [5, 5.41) is 0. The number of primary amides is 1. The Kier molecular flexibility index (Phi) is 11.0. The summed E-state index contributed by atoms with van der Waals surface area (Å²) >= 11 is 0. The third kappa shape index (κ3) is 7.76. The zero-order valence-corrected chi connectivity index (χ0v) is 25.8. The van der Waals surface area contributed by atoms with Gasteiger partial charge in [-0.25, -0.2) is 4.98 Å². The lowest BCUT2D eigenvalue weighted by molar-refractivity contribution is -0.137. The van der Waals surface area contributed by atoms with Crippen molar-refractivity contribution in [3.8, 4) is 11.3 Å². The summed E-state index contributed by atoms with van der Waals surface area (Å²) < 4.78 is 39.2. The maximum absolute atomic E-state index is 13.1. The lowest BCUT2D eigenvalue weighted by Crippen LogP contribution is -2.30. The topological polar surface area (TPSA) is 76.3 Å². The third-order valence-electron chi connectivity index (χ3n) is 8.54. The molecule has 3 fully saturated rings. The van der Waals surface area contributed by atoms with Gasteiger partial charge in [0, 0.05) is 24.2 Å². The first-order valence-corrected chi connectivity index (χ1v) is 15.7. The van der Waals surface area contributed by atoms with Crippen LogP contribution in [0.1, 0.15) is 104 Å². The summed E-state index contributed by atoms with van der Waals surface area (Å²) in [6, 6.07) is 17.5. The van der Waals surface area contributed by atoms with Gasteiger partial charge in [0.15, 0.2) is 0 Å². The zero-order valence-electron chi connectivity index (χ0n) is 25.8. The van der Waals surface area contributed by atoms with E-state index in [1.807, 2.05) is 26.0 Å². The highest BCUT2D eigenvalue weighted by Crippen LogP contribution is 2.39. The van der Waals surface area contributed by atoms with Crippen LogP contribution in [0.15, 0.2) is 66.2 Å². The Morgan fingerprint density at radius 1 is 0.886 bits per heavy atom. The second kappa shape index (κ2) is 14.7. The Balaban J connectivity index is 0.000000193. The smallest absolute Gasteiger partial charge is 0.364 e. The molecule has 0 unspecified atom stereocenters. The molecule has 6 rings (SSSR count). The number of nitrogens with zero attached hydrogens (tertiary/aromatic N) is 2. The first-order chi connectivity index (χ1) is 21.1. The van der Waals surface area contributed by atoms with Gasteiger partial charge in [0.25, 0.3) is 11.8 Å². The number of aromatic nitrogens is 1. The van der Waals surface area contributed by atoms with Crippen molar-refractivity contribution < 1.29 is 22.8 Å². The van der Waals surface area contributed by atoms with Crippen molar-refractivity contribution in [3.63, 3.8) is 0 Å². The number of carbonyl (C=O) groups excluding carboxylic acids is 2. The van der Waals surface area contributed by atoms with Gasteiger partial charge in [-0.2, -0.15) is 13.2 Å². The fraction of sp³-hybridized carbons (Fsp3) is 0.417. The molecular weight excluding hydrogens is 563 g/mol. The molecule has 3 aromatic rings. The monoisotopic (exact) mass is 605 g/mol. The van der Waals surface area contributed by atoms with Crippen LogP contribution in [0.3, 0.4) is 0 Å². The van der Waals surface area contributed by atoms with Crippen LogP contribution in [-0.2, 0) is 11.0 Å². The number of likely N-dealkylation sites (tertiary alicyclic amines) is 1. The molecule has 2 heterocycles. The minimum Gasteiger partial charge on any atom is -0.364 e. The quantitative estimate of drug-likeness (QED) is 0.296. The molecule has 2 aromatic carbocycles. The molecule has 1 aromatic heterocycles. The van der Waals surface area contributed by atoms with E-state index in [-0.39, 0.29) is 5.91 Å². The van der Waals surface area contributed by atoms with Crippen molar-refractivity contribution in [2.75, 3.05) is 13.1 Å². The summed E-state index contributed by atoms with van der Waals surface area (Å²) in [6.45, 7) is 7.17. The summed E-state index contributed by atoms with van der Waals surface area (Å²) in [4.78, 5) is 30.1. The summed E-state index contributed by atoms with van der Waals surface area (Å²) in [7, 11) is 0. The van der Waals surface area contributed by atoms with Gasteiger partial charge in [-0.1, -0.05) is 62.2 Å². The van der Waals surface area contributed by atoms with Crippen LogP contribution >= 0.6 is 0 Å². The van der Waals surface area contributed by atoms with Crippen molar-refractivity contribution in [1.29, 1.82) is 0 Å². The van der Waals surface area contributed by atoms with Crippen molar-refractivity contribution in [2.24, 2.45) is 5.73 Å². The minimum atomic E-state index is -4.39.